The predicted molar refractivity (Wildman–Crippen MR) is 90.0 cm³/mol. The van der Waals surface area contributed by atoms with Gasteiger partial charge in [-0.15, -0.1) is 0 Å². The van der Waals surface area contributed by atoms with Gasteiger partial charge in [0.25, 0.3) is 0 Å². The molecule has 4 nitrogen and oxygen atoms in total. The molecule has 1 saturated heterocycles. The summed E-state index contributed by atoms with van der Waals surface area (Å²) >= 11 is 0. The number of nitrogens with one attached hydrogen (secondary N) is 1. The maximum atomic E-state index is 12.3. The lowest BCUT2D eigenvalue weighted by Crippen LogP contribution is -2.33. The SMILES string of the molecule is Cc1ccccc1[C@@H]1CCN(C(=O)CCNC(=O)[C@@H]2C[C@H]2C)C1. The second-order valence-corrected chi connectivity index (χ2v) is 7.04. The van der Waals surface area contributed by atoms with Gasteiger partial charge in [-0.2, -0.15) is 0 Å². The average molecular weight is 314 g/mol. The molecule has 0 radical (unpaired) electrons. The molecule has 0 spiro atoms. The summed E-state index contributed by atoms with van der Waals surface area (Å²) in [6.07, 6.45) is 2.43. The van der Waals surface area contributed by atoms with Crippen LogP contribution in [0, 0.1) is 18.8 Å². The molecule has 2 amide bonds. The fraction of sp³-hybridized carbons (Fsp3) is 0.579. The van der Waals surface area contributed by atoms with Gasteiger partial charge in [-0.05, 0) is 36.8 Å². The van der Waals surface area contributed by atoms with Gasteiger partial charge in [0, 0.05) is 37.9 Å². The Hall–Kier alpha value is -1.84. The summed E-state index contributed by atoms with van der Waals surface area (Å²) in [4.78, 5) is 26.0. The van der Waals surface area contributed by atoms with Crippen molar-refractivity contribution in [2.24, 2.45) is 11.8 Å². The Morgan fingerprint density at radius 2 is 2.04 bits per heavy atom. The van der Waals surface area contributed by atoms with Gasteiger partial charge in [0.2, 0.25) is 11.8 Å². The molecule has 3 atom stereocenters. The van der Waals surface area contributed by atoms with Crippen molar-refractivity contribution in [3.63, 3.8) is 0 Å². The van der Waals surface area contributed by atoms with E-state index in [-0.39, 0.29) is 17.7 Å². The number of likely N-dealkylation sites (tertiary alicyclic amines) is 1. The van der Waals surface area contributed by atoms with Gasteiger partial charge in [0.1, 0.15) is 0 Å². The monoisotopic (exact) mass is 314 g/mol. The van der Waals surface area contributed by atoms with E-state index < -0.39 is 0 Å². The van der Waals surface area contributed by atoms with Crippen LogP contribution in [0.4, 0.5) is 0 Å². The van der Waals surface area contributed by atoms with E-state index in [1.165, 1.54) is 11.1 Å². The van der Waals surface area contributed by atoms with Crippen LogP contribution in [0.1, 0.15) is 43.2 Å². The zero-order chi connectivity index (χ0) is 16.4. The number of hydrogen-bond donors (Lipinski definition) is 1. The van der Waals surface area contributed by atoms with E-state index in [9.17, 15) is 9.59 Å². The summed E-state index contributed by atoms with van der Waals surface area (Å²) in [6, 6.07) is 8.43. The van der Waals surface area contributed by atoms with Crippen molar-refractivity contribution in [2.75, 3.05) is 19.6 Å². The number of nitrogens with zero attached hydrogens (tertiary/aromatic N) is 1. The van der Waals surface area contributed by atoms with E-state index >= 15 is 0 Å². The smallest absolute Gasteiger partial charge is 0.224 e. The van der Waals surface area contributed by atoms with E-state index in [4.69, 9.17) is 0 Å². The van der Waals surface area contributed by atoms with Crippen molar-refractivity contribution < 1.29 is 9.59 Å². The Balaban J connectivity index is 1.44. The zero-order valence-electron chi connectivity index (χ0n) is 14.0. The fourth-order valence-electron chi connectivity index (χ4n) is 3.55. The van der Waals surface area contributed by atoms with Gasteiger partial charge in [0.05, 0.1) is 0 Å². The molecule has 1 aliphatic heterocycles. The van der Waals surface area contributed by atoms with Crippen LogP contribution in [0.3, 0.4) is 0 Å². The third-order valence-electron chi connectivity index (χ3n) is 5.25. The van der Waals surface area contributed by atoms with E-state index in [0.717, 1.165) is 25.9 Å². The molecular weight excluding hydrogens is 288 g/mol. The first-order valence-electron chi connectivity index (χ1n) is 8.67. The topological polar surface area (TPSA) is 49.4 Å². The van der Waals surface area contributed by atoms with Crippen LogP contribution < -0.4 is 5.32 Å². The first-order valence-corrected chi connectivity index (χ1v) is 8.67. The van der Waals surface area contributed by atoms with Crippen LogP contribution in [-0.2, 0) is 9.59 Å². The summed E-state index contributed by atoms with van der Waals surface area (Å²) in [5.41, 5.74) is 2.66. The largest absolute Gasteiger partial charge is 0.355 e. The molecule has 124 valence electrons. The first-order chi connectivity index (χ1) is 11.1. The van der Waals surface area contributed by atoms with E-state index in [1.54, 1.807) is 0 Å². The Kier molecular flexibility index (Phi) is 4.69. The molecule has 23 heavy (non-hydrogen) atoms. The van der Waals surface area contributed by atoms with Crippen molar-refractivity contribution in [2.45, 2.75) is 39.0 Å². The molecule has 1 N–H and O–H groups in total. The van der Waals surface area contributed by atoms with Crippen molar-refractivity contribution in [1.82, 2.24) is 10.2 Å². The number of aryl methyl sites for hydroxylation is 1. The lowest BCUT2D eigenvalue weighted by molar-refractivity contribution is -0.130. The average Bonchev–Trinajstić information content (AvgIpc) is 3.08. The summed E-state index contributed by atoms with van der Waals surface area (Å²) in [5, 5.41) is 2.89. The summed E-state index contributed by atoms with van der Waals surface area (Å²) < 4.78 is 0. The molecule has 0 bridgehead atoms. The highest BCUT2D eigenvalue weighted by atomic mass is 16.2. The van der Waals surface area contributed by atoms with Gasteiger partial charge in [-0.25, -0.2) is 0 Å². The fourth-order valence-corrected chi connectivity index (χ4v) is 3.55. The van der Waals surface area contributed by atoms with E-state index in [1.807, 2.05) is 4.90 Å². The number of rotatable bonds is 5. The third-order valence-corrected chi connectivity index (χ3v) is 5.25. The molecule has 2 fully saturated rings. The number of carbonyl (C=O) groups excluding carboxylic acids is 2. The van der Waals surface area contributed by atoms with Crippen molar-refractivity contribution in [1.29, 1.82) is 0 Å². The molecule has 2 aliphatic rings. The van der Waals surface area contributed by atoms with Crippen LogP contribution in [0.2, 0.25) is 0 Å². The third kappa shape index (κ3) is 3.74. The first kappa shape index (κ1) is 16.0. The minimum Gasteiger partial charge on any atom is -0.355 e. The van der Waals surface area contributed by atoms with Crippen molar-refractivity contribution in [3.05, 3.63) is 35.4 Å². The minimum atomic E-state index is 0.115. The van der Waals surface area contributed by atoms with E-state index in [2.05, 4.69) is 43.4 Å². The Labute approximate surface area is 138 Å². The predicted octanol–water partition coefficient (Wildman–Crippen LogP) is 2.47. The van der Waals surface area contributed by atoms with Crippen molar-refractivity contribution >= 4 is 11.8 Å². The van der Waals surface area contributed by atoms with Crippen LogP contribution in [0.5, 0.6) is 0 Å². The highest BCUT2D eigenvalue weighted by Gasteiger charge is 2.38. The number of amides is 2. The van der Waals surface area contributed by atoms with Crippen molar-refractivity contribution in [3.8, 4) is 0 Å². The maximum Gasteiger partial charge on any atom is 0.224 e. The molecule has 0 unspecified atom stereocenters. The number of hydrogen-bond acceptors (Lipinski definition) is 2. The zero-order valence-corrected chi connectivity index (χ0v) is 14.0. The normalized spacial score (nSPS) is 26.2. The van der Waals surface area contributed by atoms with Gasteiger partial charge in [-0.3, -0.25) is 9.59 Å². The van der Waals surface area contributed by atoms with Gasteiger partial charge in [-0.1, -0.05) is 31.2 Å². The molecule has 0 aromatic heterocycles. The Morgan fingerprint density at radius 1 is 1.30 bits per heavy atom. The second-order valence-electron chi connectivity index (χ2n) is 7.04. The van der Waals surface area contributed by atoms with Crippen LogP contribution >= 0.6 is 0 Å². The highest BCUT2D eigenvalue weighted by molar-refractivity contribution is 5.82. The molecule has 3 rings (SSSR count). The second kappa shape index (κ2) is 6.73. The molecule has 1 aromatic carbocycles. The standard InChI is InChI=1S/C19H26N2O2/c1-13-5-3-4-6-16(13)15-8-10-21(12-15)18(22)7-9-20-19(23)17-11-14(17)2/h3-6,14-15,17H,7-12H2,1-2H3,(H,20,23)/t14-,15-,17-/m1/s1. The van der Waals surface area contributed by atoms with Crippen LogP contribution in [0.15, 0.2) is 24.3 Å². The molecular formula is C19H26N2O2. The highest BCUT2D eigenvalue weighted by Crippen LogP contribution is 2.37. The molecule has 1 aromatic rings. The molecule has 1 saturated carbocycles. The lowest BCUT2D eigenvalue weighted by Gasteiger charge is -2.18. The Bertz CT molecular complexity index is 599. The minimum absolute atomic E-state index is 0.115. The Morgan fingerprint density at radius 3 is 2.74 bits per heavy atom. The summed E-state index contributed by atoms with van der Waals surface area (Å²) in [7, 11) is 0. The molecule has 1 aliphatic carbocycles. The van der Waals surface area contributed by atoms with Gasteiger partial charge in [0.15, 0.2) is 0 Å². The lowest BCUT2D eigenvalue weighted by atomic mass is 9.94. The van der Waals surface area contributed by atoms with E-state index in [0.29, 0.717) is 24.8 Å². The van der Waals surface area contributed by atoms with Gasteiger partial charge < -0.3 is 10.2 Å². The maximum absolute atomic E-state index is 12.3. The number of benzene rings is 1. The number of carbonyl (C=O) groups is 2. The molecule has 1 heterocycles. The quantitative estimate of drug-likeness (QED) is 0.907. The van der Waals surface area contributed by atoms with Gasteiger partial charge >= 0.3 is 0 Å². The van der Waals surface area contributed by atoms with Crippen LogP contribution in [0.25, 0.3) is 0 Å². The molecule has 4 heteroatoms. The summed E-state index contributed by atoms with van der Waals surface area (Å²) in [6.45, 7) is 6.31. The summed E-state index contributed by atoms with van der Waals surface area (Å²) in [5.74, 6) is 1.42. The van der Waals surface area contributed by atoms with Crippen LogP contribution in [-0.4, -0.2) is 36.3 Å².